The van der Waals surface area contributed by atoms with Crippen LogP contribution in [0, 0.1) is 0 Å². The zero-order chi connectivity index (χ0) is 14.2. The van der Waals surface area contributed by atoms with Crippen molar-refractivity contribution in [1.29, 1.82) is 0 Å². The third-order valence-electron chi connectivity index (χ3n) is 4.29. The quantitative estimate of drug-likeness (QED) is 0.568. The van der Waals surface area contributed by atoms with Crippen molar-refractivity contribution in [2.45, 2.75) is 12.3 Å². The average molecular weight is 291 g/mol. The Hall–Kier alpha value is -2.05. The maximum absolute atomic E-state index is 6.13. The van der Waals surface area contributed by atoms with Crippen LogP contribution in [-0.4, -0.2) is 0 Å². The van der Waals surface area contributed by atoms with Crippen LogP contribution in [0.5, 0.6) is 0 Å². The lowest BCUT2D eigenvalue weighted by atomic mass is 9.90. The van der Waals surface area contributed by atoms with Crippen LogP contribution in [0.3, 0.4) is 0 Å². The highest BCUT2D eigenvalue weighted by Gasteiger charge is 2.27. The van der Waals surface area contributed by atoms with Gasteiger partial charge >= 0.3 is 0 Å². The van der Waals surface area contributed by atoms with Gasteiger partial charge in [-0.05, 0) is 46.4 Å². The predicted molar refractivity (Wildman–Crippen MR) is 88.9 cm³/mol. The second kappa shape index (κ2) is 5.05. The molecule has 0 heterocycles. The Labute approximate surface area is 130 Å². The molecule has 0 aromatic heterocycles. The molecule has 0 aliphatic heterocycles. The van der Waals surface area contributed by atoms with Crippen molar-refractivity contribution < 1.29 is 0 Å². The van der Waals surface area contributed by atoms with E-state index in [4.69, 9.17) is 11.6 Å². The van der Waals surface area contributed by atoms with Crippen molar-refractivity contribution in [3.63, 3.8) is 0 Å². The molecule has 0 nitrogen and oxygen atoms in total. The fourth-order valence-electron chi connectivity index (χ4n) is 3.38. The van der Waals surface area contributed by atoms with Crippen LogP contribution in [0.4, 0.5) is 0 Å². The van der Waals surface area contributed by atoms with Gasteiger partial charge in [0.1, 0.15) is 0 Å². The van der Waals surface area contributed by atoms with Gasteiger partial charge in [0, 0.05) is 10.9 Å². The molecule has 3 aromatic rings. The topological polar surface area (TPSA) is 0 Å². The van der Waals surface area contributed by atoms with Crippen molar-refractivity contribution in [2.75, 3.05) is 0 Å². The Bertz CT molecular complexity index is 759. The Balaban J connectivity index is 1.82. The van der Waals surface area contributed by atoms with Gasteiger partial charge in [0.25, 0.3) is 0 Å². The van der Waals surface area contributed by atoms with E-state index in [-0.39, 0.29) is 0 Å². The van der Waals surface area contributed by atoms with Crippen molar-refractivity contribution in [3.8, 4) is 11.1 Å². The molecule has 102 valence electrons. The SMILES string of the molecule is Clc1cccc(CC2c3ccccc3-c3ccccc32)c1. The highest BCUT2D eigenvalue weighted by atomic mass is 35.5. The Kier molecular flexibility index (Phi) is 3.05. The van der Waals surface area contributed by atoms with Crippen molar-refractivity contribution in [2.24, 2.45) is 0 Å². The Morgan fingerprint density at radius 3 is 1.95 bits per heavy atom. The molecule has 3 aromatic carbocycles. The lowest BCUT2D eigenvalue weighted by molar-refractivity contribution is 0.827. The van der Waals surface area contributed by atoms with Crippen LogP contribution in [0.15, 0.2) is 72.8 Å². The highest BCUT2D eigenvalue weighted by Crippen LogP contribution is 2.45. The zero-order valence-electron chi connectivity index (χ0n) is 11.6. The first-order valence-corrected chi connectivity index (χ1v) is 7.63. The van der Waals surface area contributed by atoms with Crippen LogP contribution in [-0.2, 0) is 6.42 Å². The molecule has 0 amide bonds. The van der Waals surface area contributed by atoms with Gasteiger partial charge in [-0.3, -0.25) is 0 Å². The van der Waals surface area contributed by atoms with Crippen molar-refractivity contribution in [1.82, 2.24) is 0 Å². The summed E-state index contributed by atoms with van der Waals surface area (Å²) in [7, 11) is 0. The smallest absolute Gasteiger partial charge is 0.0408 e. The summed E-state index contributed by atoms with van der Waals surface area (Å²) in [6, 6.07) is 25.7. The zero-order valence-corrected chi connectivity index (χ0v) is 12.3. The van der Waals surface area contributed by atoms with E-state index in [1.54, 1.807) is 0 Å². The highest BCUT2D eigenvalue weighted by molar-refractivity contribution is 6.30. The molecule has 4 rings (SSSR count). The normalized spacial score (nSPS) is 13.0. The summed E-state index contributed by atoms with van der Waals surface area (Å²) in [5.74, 6) is 0.427. The van der Waals surface area contributed by atoms with Crippen LogP contribution in [0.2, 0.25) is 5.02 Å². The van der Waals surface area contributed by atoms with Crippen LogP contribution < -0.4 is 0 Å². The molecule has 0 saturated heterocycles. The molecule has 0 N–H and O–H groups in total. The molecule has 1 aliphatic rings. The monoisotopic (exact) mass is 290 g/mol. The average Bonchev–Trinajstić information content (AvgIpc) is 2.83. The number of fused-ring (bicyclic) bond motifs is 3. The summed E-state index contributed by atoms with van der Waals surface area (Å²) in [6.45, 7) is 0. The molecule has 0 fully saturated rings. The minimum absolute atomic E-state index is 0.427. The summed E-state index contributed by atoms with van der Waals surface area (Å²) in [5.41, 5.74) is 6.90. The molecule has 1 aliphatic carbocycles. The molecule has 0 saturated carbocycles. The fourth-order valence-corrected chi connectivity index (χ4v) is 3.59. The maximum Gasteiger partial charge on any atom is 0.0408 e. The van der Waals surface area contributed by atoms with Gasteiger partial charge in [-0.2, -0.15) is 0 Å². The number of halogens is 1. The summed E-state index contributed by atoms with van der Waals surface area (Å²) >= 11 is 6.13. The minimum Gasteiger partial charge on any atom is -0.0843 e. The molecule has 0 spiro atoms. The molecular weight excluding hydrogens is 276 g/mol. The third kappa shape index (κ3) is 2.16. The van der Waals surface area contributed by atoms with Gasteiger partial charge in [-0.1, -0.05) is 72.3 Å². The minimum atomic E-state index is 0.427. The largest absolute Gasteiger partial charge is 0.0843 e. The number of hydrogen-bond donors (Lipinski definition) is 0. The van der Waals surface area contributed by atoms with Gasteiger partial charge in [0.2, 0.25) is 0 Å². The second-order valence-electron chi connectivity index (χ2n) is 5.56. The Morgan fingerprint density at radius 2 is 1.33 bits per heavy atom. The van der Waals surface area contributed by atoms with Gasteiger partial charge in [-0.25, -0.2) is 0 Å². The number of hydrogen-bond acceptors (Lipinski definition) is 0. The predicted octanol–water partition coefficient (Wildman–Crippen LogP) is 5.70. The van der Waals surface area contributed by atoms with E-state index in [0.717, 1.165) is 11.4 Å². The number of rotatable bonds is 2. The summed E-state index contributed by atoms with van der Waals surface area (Å²) in [4.78, 5) is 0. The van der Waals surface area contributed by atoms with E-state index in [1.165, 1.54) is 27.8 Å². The first kappa shape index (κ1) is 12.7. The first-order valence-electron chi connectivity index (χ1n) is 7.25. The molecule has 21 heavy (non-hydrogen) atoms. The Morgan fingerprint density at radius 1 is 0.714 bits per heavy atom. The first-order chi connectivity index (χ1) is 10.3. The van der Waals surface area contributed by atoms with Gasteiger partial charge in [0.05, 0.1) is 0 Å². The van der Waals surface area contributed by atoms with E-state index in [9.17, 15) is 0 Å². The van der Waals surface area contributed by atoms with Crippen molar-refractivity contribution in [3.05, 3.63) is 94.5 Å². The van der Waals surface area contributed by atoms with Gasteiger partial charge < -0.3 is 0 Å². The molecule has 0 bridgehead atoms. The number of benzene rings is 3. The molecule has 0 radical (unpaired) electrons. The standard InChI is InChI=1S/C20H15Cl/c21-15-7-5-6-14(12-15)13-20-18-10-3-1-8-16(18)17-9-2-4-11-19(17)20/h1-12,20H,13H2. The maximum atomic E-state index is 6.13. The van der Waals surface area contributed by atoms with Crippen LogP contribution in [0.25, 0.3) is 11.1 Å². The van der Waals surface area contributed by atoms with E-state index in [0.29, 0.717) is 5.92 Å². The molecule has 0 unspecified atom stereocenters. The molecule has 0 atom stereocenters. The van der Waals surface area contributed by atoms with E-state index < -0.39 is 0 Å². The lowest BCUT2D eigenvalue weighted by Crippen LogP contribution is -2.01. The summed E-state index contributed by atoms with van der Waals surface area (Å²) < 4.78 is 0. The van der Waals surface area contributed by atoms with Gasteiger partial charge in [0.15, 0.2) is 0 Å². The summed E-state index contributed by atoms with van der Waals surface area (Å²) in [5, 5.41) is 0.812. The van der Waals surface area contributed by atoms with Crippen LogP contribution in [0.1, 0.15) is 22.6 Å². The van der Waals surface area contributed by atoms with E-state index in [2.05, 4.69) is 60.7 Å². The van der Waals surface area contributed by atoms with E-state index in [1.807, 2.05) is 12.1 Å². The second-order valence-corrected chi connectivity index (χ2v) is 6.00. The van der Waals surface area contributed by atoms with Crippen molar-refractivity contribution >= 4 is 11.6 Å². The van der Waals surface area contributed by atoms with Crippen LogP contribution >= 0.6 is 11.6 Å². The van der Waals surface area contributed by atoms with E-state index >= 15 is 0 Å². The molecule has 1 heteroatoms. The molecular formula is C20H15Cl. The fraction of sp³-hybridized carbons (Fsp3) is 0.100. The van der Waals surface area contributed by atoms with Gasteiger partial charge in [-0.15, -0.1) is 0 Å². The lowest BCUT2D eigenvalue weighted by Gasteiger charge is -2.14. The summed E-state index contributed by atoms with van der Waals surface area (Å²) in [6.07, 6.45) is 0.995. The third-order valence-corrected chi connectivity index (χ3v) is 4.53.